The van der Waals surface area contributed by atoms with Crippen molar-refractivity contribution >= 4 is 22.9 Å². The fourth-order valence-corrected chi connectivity index (χ4v) is 2.45. The molecule has 1 unspecified atom stereocenters. The normalized spacial score (nSPS) is 19.6. The highest BCUT2D eigenvalue weighted by molar-refractivity contribution is 5.86. The SMILES string of the molecule is O=C(O)N1CCCC(Nc2ncnc3[nH]ccc23)C1. The lowest BCUT2D eigenvalue weighted by molar-refractivity contribution is 0.133. The molecule has 1 atom stereocenters. The number of aromatic amines is 1. The van der Waals surface area contributed by atoms with Crippen molar-refractivity contribution in [3.05, 3.63) is 18.6 Å². The first-order valence-electron chi connectivity index (χ1n) is 6.26. The largest absolute Gasteiger partial charge is 0.465 e. The molecule has 0 spiro atoms. The number of nitrogens with zero attached hydrogens (tertiary/aromatic N) is 3. The second kappa shape index (κ2) is 4.75. The van der Waals surface area contributed by atoms with E-state index in [2.05, 4.69) is 20.3 Å². The van der Waals surface area contributed by atoms with Gasteiger partial charge in [-0.25, -0.2) is 14.8 Å². The van der Waals surface area contributed by atoms with Crippen LogP contribution in [0.4, 0.5) is 10.6 Å². The van der Waals surface area contributed by atoms with Gasteiger partial charge in [0, 0.05) is 25.3 Å². The van der Waals surface area contributed by atoms with Crippen LogP contribution in [0.3, 0.4) is 0 Å². The second-order valence-electron chi connectivity index (χ2n) is 4.67. The molecule has 1 aliphatic heterocycles. The van der Waals surface area contributed by atoms with Gasteiger partial charge in [0.05, 0.1) is 5.39 Å². The van der Waals surface area contributed by atoms with Crippen molar-refractivity contribution < 1.29 is 9.90 Å². The monoisotopic (exact) mass is 261 g/mol. The maximum Gasteiger partial charge on any atom is 0.407 e. The molecule has 0 radical (unpaired) electrons. The van der Waals surface area contributed by atoms with Crippen molar-refractivity contribution in [1.29, 1.82) is 0 Å². The molecular formula is C12H15N5O2. The van der Waals surface area contributed by atoms with Crippen LogP contribution in [0.2, 0.25) is 0 Å². The summed E-state index contributed by atoms with van der Waals surface area (Å²) in [5, 5.41) is 13.3. The lowest BCUT2D eigenvalue weighted by Gasteiger charge is -2.31. The third-order valence-corrected chi connectivity index (χ3v) is 3.39. The molecule has 1 amide bonds. The lowest BCUT2D eigenvalue weighted by Crippen LogP contribution is -2.44. The van der Waals surface area contributed by atoms with E-state index in [0.29, 0.717) is 13.1 Å². The molecule has 2 aromatic heterocycles. The molecule has 7 nitrogen and oxygen atoms in total. The molecule has 1 fully saturated rings. The first kappa shape index (κ1) is 11.8. The van der Waals surface area contributed by atoms with Gasteiger partial charge < -0.3 is 20.3 Å². The highest BCUT2D eigenvalue weighted by Crippen LogP contribution is 2.21. The summed E-state index contributed by atoms with van der Waals surface area (Å²) < 4.78 is 0. The Kier molecular flexibility index (Phi) is 2.94. The third kappa shape index (κ3) is 2.31. The van der Waals surface area contributed by atoms with Gasteiger partial charge >= 0.3 is 6.09 Å². The van der Waals surface area contributed by atoms with Crippen LogP contribution in [-0.2, 0) is 0 Å². The molecule has 0 saturated carbocycles. The first-order chi connectivity index (χ1) is 9.24. The fourth-order valence-electron chi connectivity index (χ4n) is 2.45. The molecule has 1 saturated heterocycles. The second-order valence-corrected chi connectivity index (χ2v) is 4.67. The van der Waals surface area contributed by atoms with Crippen molar-refractivity contribution in [3.8, 4) is 0 Å². The molecule has 3 N–H and O–H groups in total. The average Bonchev–Trinajstić information content (AvgIpc) is 2.88. The van der Waals surface area contributed by atoms with E-state index in [1.165, 1.54) is 11.2 Å². The molecule has 2 aromatic rings. The molecule has 0 aromatic carbocycles. The quantitative estimate of drug-likeness (QED) is 0.761. The van der Waals surface area contributed by atoms with Gasteiger partial charge in [-0.15, -0.1) is 0 Å². The van der Waals surface area contributed by atoms with Crippen molar-refractivity contribution in [3.63, 3.8) is 0 Å². The van der Waals surface area contributed by atoms with E-state index in [1.807, 2.05) is 12.3 Å². The molecule has 1 aliphatic rings. The van der Waals surface area contributed by atoms with Gasteiger partial charge in [0.1, 0.15) is 17.8 Å². The zero-order valence-corrected chi connectivity index (χ0v) is 10.3. The summed E-state index contributed by atoms with van der Waals surface area (Å²) in [7, 11) is 0. The van der Waals surface area contributed by atoms with E-state index in [0.717, 1.165) is 29.7 Å². The standard InChI is InChI=1S/C12H15N5O2/c18-12(19)17-5-1-2-8(6-17)16-11-9-3-4-13-10(9)14-7-15-11/h3-4,7-8H,1-2,5-6H2,(H,18,19)(H2,13,14,15,16). The van der Waals surface area contributed by atoms with Gasteiger partial charge in [0.25, 0.3) is 0 Å². The summed E-state index contributed by atoms with van der Waals surface area (Å²) in [5.41, 5.74) is 0.781. The molecule has 7 heteroatoms. The summed E-state index contributed by atoms with van der Waals surface area (Å²) in [5.74, 6) is 0.753. The van der Waals surface area contributed by atoms with Crippen molar-refractivity contribution in [2.24, 2.45) is 0 Å². The summed E-state index contributed by atoms with van der Waals surface area (Å²) in [4.78, 5) is 23.8. The highest BCUT2D eigenvalue weighted by Gasteiger charge is 2.23. The Balaban J connectivity index is 1.77. The summed E-state index contributed by atoms with van der Waals surface area (Å²) >= 11 is 0. The Morgan fingerprint density at radius 1 is 1.53 bits per heavy atom. The lowest BCUT2D eigenvalue weighted by atomic mass is 10.1. The maximum absolute atomic E-state index is 11.0. The number of anilines is 1. The van der Waals surface area contributed by atoms with Crippen LogP contribution in [0.25, 0.3) is 11.0 Å². The summed E-state index contributed by atoms with van der Waals surface area (Å²) in [6, 6.07) is 2.01. The van der Waals surface area contributed by atoms with E-state index in [-0.39, 0.29) is 6.04 Å². The Hall–Kier alpha value is -2.31. The van der Waals surface area contributed by atoms with E-state index in [4.69, 9.17) is 5.11 Å². The number of rotatable bonds is 2. The van der Waals surface area contributed by atoms with E-state index >= 15 is 0 Å². The number of piperidine rings is 1. The third-order valence-electron chi connectivity index (χ3n) is 3.39. The number of hydrogen-bond acceptors (Lipinski definition) is 4. The van der Waals surface area contributed by atoms with Crippen LogP contribution in [0.1, 0.15) is 12.8 Å². The van der Waals surface area contributed by atoms with Gasteiger partial charge in [-0.3, -0.25) is 0 Å². The Morgan fingerprint density at radius 2 is 2.42 bits per heavy atom. The number of hydrogen-bond donors (Lipinski definition) is 3. The number of nitrogens with one attached hydrogen (secondary N) is 2. The van der Waals surface area contributed by atoms with Gasteiger partial charge in [-0.05, 0) is 18.9 Å². The van der Waals surface area contributed by atoms with Crippen LogP contribution in [-0.4, -0.2) is 50.2 Å². The molecular weight excluding hydrogens is 246 g/mol. The number of amides is 1. The fraction of sp³-hybridized carbons (Fsp3) is 0.417. The summed E-state index contributed by atoms with van der Waals surface area (Å²) in [6.07, 6.45) is 4.26. The molecule has 3 rings (SSSR count). The van der Waals surface area contributed by atoms with Crippen molar-refractivity contribution in [1.82, 2.24) is 19.9 Å². The van der Waals surface area contributed by atoms with Crippen molar-refractivity contribution in [2.45, 2.75) is 18.9 Å². The minimum Gasteiger partial charge on any atom is -0.465 e. The molecule has 0 bridgehead atoms. The minimum atomic E-state index is -0.860. The zero-order valence-electron chi connectivity index (χ0n) is 10.3. The van der Waals surface area contributed by atoms with Crippen LogP contribution < -0.4 is 5.32 Å². The predicted molar refractivity (Wildman–Crippen MR) is 70.1 cm³/mol. The van der Waals surface area contributed by atoms with Crippen LogP contribution in [0.5, 0.6) is 0 Å². The topological polar surface area (TPSA) is 94.1 Å². The average molecular weight is 261 g/mol. The smallest absolute Gasteiger partial charge is 0.407 e. The summed E-state index contributed by atoms with van der Waals surface area (Å²) in [6.45, 7) is 1.10. The van der Waals surface area contributed by atoms with Gasteiger partial charge in [0.15, 0.2) is 0 Å². The Labute approximate surface area is 109 Å². The number of fused-ring (bicyclic) bond motifs is 1. The molecule has 100 valence electrons. The number of aromatic nitrogens is 3. The Bertz CT molecular complexity index is 597. The number of H-pyrrole nitrogens is 1. The minimum absolute atomic E-state index is 0.0952. The van der Waals surface area contributed by atoms with Crippen molar-refractivity contribution in [2.75, 3.05) is 18.4 Å². The molecule has 19 heavy (non-hydrogen) atoms. The number of likely N-dealkylation sites (tertiary alicyclic amines) is 1. The Morgan fingerprint density at radius 3 is 3.26 bits per heavy atom. The number of carboxylic acid groups (broad SMARTS) is 1. The first-order valence-corrected chi connectivity index (χ1v) is 6.26. The van der Waals surface area contributed by atoms with Gasteiger partial charge in [-0.2, -0.15) is 0 Å². The number of carbonyl (C=O) groups is 1. The van der Waals surface area contributed by atoms with Crippen LogP contribution >= 0.6 is 0 Å². The zero-order chi connectivity index (χ0) is 13.2. The predicted octanol–water partition coefficient (Wildman–Crippen LogP) is 1.51. The van der Waals surface area contributed by atoms with E-state index in [9.17, 15) is 4.79 Å². The van der Waals surface area contributed by atoms with Gasteiger partial charge in [-0.1, -0.05) is 0 Å². The van der Waals surface area contributed by atoms with Crippen LogP contribution in [0.15, 0.2) is 18.6 Å². The van der Waals surface area contributed by atoms with Crippen LogP contribution in [0, 0.1) is 0 Å². The van der Waals surface area contributed by atoms with E-state index in [1.54, 1.807) is 0 Å². The highest BCUT2D eigenvalue weighted by atomic mass is 16.4. The van der Waals surface area contributed by atoms with E-state index < -0.39 is 6.09 Å². The molecule has 0 aliphatic carbocycles. The molecule has 3 heterocycles. The maximum atomic E-state index is 11.0. The van der Waals surface area contributed by atoms with Gasteiger partial charge in [0.2, 0.25) is 0 Å².